The quantitative estimate of drug-likeness (QED) is 0.565. The van der Waals surface area contributed by atoms with Crippen molar-refractivity contribution in [1.82, 2.24) is 5.32 Å². The Morgan fingerprint density at radius 1 is 1.00 bits per heavy atom. The summed E-state index contributed by atoms with van der Waals surface area (Å²) in [6.07, 6.45) is 3.02. The first-order valence-electron chi connectivity index (χ1n) is 9.80. The van der Waals surface area contributed by atoms with Crippen molar-refractivity contribution in [1.29, 1.82) is 0 Å². The molecule has 0 aromatic heterocycles. The van der Waals surface area contributed by atoms with E-state index in [-0.39, 0.29) is 36.3 Å². The highest BCUT2D eigenvalue weighted by Gasteiger charge is 2.32. The third kappa shape index (κ3) is 6.21. The predicted octanol–water partition coefficient (Wildman–Crippen LogP) is 4.30. The van der Waals surface area contributed by atoms with Crippen molar-refractivity contribution >= 4 is 35.7 Å². The van der Waals surface area contributed by atoms with Crippen molar-refractivity contribution < 1.29 is 9.59 Å². The van der Waals surface area contributed by atoms with Gasteiger partial charge in [0, 0.05) is 17.3 Å². The highest BCUT2D eigenvalue weighted by atomic mass is 35.5. The Morgan fingerprint density at radius 2 is 1.62 bits per heavy atom. The molecule has 0 aliphatic heterocycles. The van der Waals surface area contributed by atoms with Crippen LogP contribution >= 0.6 is 12.4 Å². The van der Waals surface area contributed by atoms with E-state index in [4.69, 9.17) is 5.73 Å². The van der Waals surface area contributed by atoms with Crippen LogP contribution in [0, 0.1) is 11.8 Å². The van der Waals surface area contributed by atoms with Crippen LogP contribution in [0.3, 0.4) is 0 Å². The van der Waals surface area contributed by atoms with Gasteiger partial charge in [-0.2, -0.15) is 0 Å². The number of carbonyl (C=O) groups is 2. The zero-order chi connectivity index (χ0) is 19.9. The molecule has 156 valence electrons. The maximum Gasteiger partial charge on any atom is 0.323 e. The molecule has 0 spiro atoms. The van der Waals surface area contributed by atoms with Gasteiger partial charge in [-0.1, -0.05) is 36.8 Å². The standard InChI is InChI=1S/C22H28N4O2.ClH/c1-15(24-21(27)20-9-5-6-17(20)14-23)16-10-12-19(13-11-16)26-22(28)25-18-7-3-2-4-8-18;/h2-4,7-8,10-13,15,17,20H,5-6,9,14,23H2,1H3,(H,24,27)(H2,25,26,28);1H/t15?,17-,20-;/m1./s1. The molecule has 29 heavy (non-hydrogen) atoms. The van der Waals surface area contributed by atoms with Crippen LogP contribution in [0.2, 0.25) is 0 Å². The Morgan fingerprint density at radius 3 is 2.24 bits per heavy atom. The Bertz CT molecular complexity index is 798. The van der Waals surface area contributed by atoms with Gasteiger partial charge in [-0.05, 0) is 62.1 Å². The van der Waals surface area contributed by atoms with Crippen molar-refractivity contribution in [3.63, 3.8) is 0 Å². The summed E-state index contributed by atoms with van der Waals surface area (Å²) in [6.45, 7) is 2.53. The fourth-order valence-corrected chi connectivity index (χ4v) is 3.74. The van der Waals surface area contributed by atoms with E-state index in [2.05, 4.69) is 16.0 Å². The number of nitrogens with one attached hydrogen (secondary N) is 3. The molecule has 1 aliphatic carbocycles. The average molecular weight is 417 g/mol. The van der Waals surface area contributed by atoms with Crippen molar-refractivity contribution in [2.24, 2.45) is 17.6 Å². The molecule has 0 radical (unpaired) electrons. The number of amides is 3. The van der Waals surface area contributed by atoms with E-state index in [0.717, 1.165) is 30.5 Å². The molecular weight excluding hydrogens is 388 g/mol. The minimum Gasteiger partial charge on any atom is -0.349 e. The molecule has 1 fully saturated rings. The van der Waals surface area contributed by atoms with Crippen LogP contribution in [0.25, 0.3) is 0 Å². The summed E-state index contributed by atoms with van der Waals surface area (Å²) in [6, 6.07) is 16.4. The zero-order valence-corrected chi connectivity index (χ0v) is 17.4. The summed E-state index contributed by atoms with van der Waals surface area (Å²) in [5, 5.41) is 8.68. The lowest BCUT2D eigenvalue weighted by Gasteiger charge is -2.21. The van der Waals surface area contributed by atoms with Gasteiger partial charge in [0.2, 0.25) is 5.91 Å². The van der Waals surface area contributed by atoms with E-state index >= 15 is 0 Å². The van der Waals surface area contributed by atoms with Gasteiger partial charge in [0.25, 0.3) is 0 Å². The SMILES string of the molecule is CC(NC(=O)[C@@H]1CCC[C@@H]1CN)c1ccc(NC(=O)Nc2ccccc2)cc1.Cl. The monoisotopic (exact) mass is 416 g/mol. The molecule has 1 unspecified atom stereocenters. The molecule has 1 aliphatic rings. The van der Waals surface area contributed by atoms with Gasteiger partial charge in [0.15, 0.2) is 0 Å². The third-order valence-electron chi connectivity index (χ3n) is 5.36. The molecule has 3 amide bonds. The molecule has 1 saturated carbocycles. The Balaban J connectivity index is 0.00000300. The van der Waals surface area contributed by atoms with Gasteiger partial charge in [-0.15, -0.1) is 12.4 Å². The van der Waals surface area contributed by atoms with E-state index in [9.17, 15) is 9.59 Å². The second-order valence-electron chi connectivity index (χ2n) is 7.33. The van der Waals surface area contributed by atoms with Gasteiger partial charge in [-0.3, -0.25) is 4.79 Å². The van der Waals surface area contributed by atoms with Gasteiger partial charge >= 0.3 is 6.03 Å². The molecular formula is C22H29ClN4O2. The lowest BCUT2D eigenvalue weighted by Crippen LogP contribution is -2.36. The lowest BCUT2D eigenvalue weighted by atomic mass is 9.94. The van der Waals surface area contributed by atoms with Gasteiger partial charge in [0.1, 0.15) is 0 Å². The van der Waals surface area contributed by atoms with Crippen LogP contribution in [0.1, 0.15) is 37.8 Å². The van der Waals surface area contributed by atoms with Gasteiger partial charge in [-0.25, -0.2) is 4.79 Å². The normalized spacial score (nSPS) is 19.0. The fraction of sp³-hybridized carbons (Fsp3) is 0.364. The molecule has 0 heterocycles. The molecule has 0 bridgehead atoms. The average Bonchev–Trinajstić information content (AvgIpc) is 3.18. The Labute approximate surface area is 178 Å². The smallest absolute Gasteiger partial charge is 0.323 e. The number of rotatable bonds is 6. The molecule has 3 atom stereocenters. The lowest BCUT2D eigenvalue weighted by molar-refractivity contribution is -0.126. The van der Waals surface area contributed by atoms with Gasteiger partial charge in [0.05, 0.1) is 6.04 Å². The third-order valence-corrected chi connectivity index (χ3v) is 5.36. The van der Waals surface area contributed by atoms with Crippen molar-refractivity contribution in [2.45, 2.75) is 32.2 Å². The zero-order valence-electron chi connectivity index (χ0n) is 16.6. The molecule has 7 heteroatoms. The van der Waals surface area contributed by atoms with E-state index in [1.165, 1.54) is 0 Å². The topological polar surface area (TPSA) is 96.2 Å². The first-order valence-corrected chi connectivity index (χ1v) is 9.80. The number of nitrogens with two attached hydrogens (primary N) is 1. The number of anilines is 2. The number of carbonyl (C=O) groups excluding carboxylic acids is 2. The number of hydrogen-bond acceptors (Lipinski definition) is 3. The van der Waals surface area contributed by atoms with Crippen LogP contribution in [0.15, 0.2) is 54.6 Å². The first-order chi connectivity index (χ1) is 13.6. The number of hydrogen-bond donors (Lipinski definition) is 4. The van der Waals surface area contributed by atoms with Crippen LogP contribution in [0.5, 0.6) is 0 Å². The largest absolute Gasteiger partial charge is 0.349 e. The number of benzene rings is 2. The summed E-state index contributed by atoms with van der Waals surface area (Å²) in [5.74, 6) is 0.405. The first kappa shape index (κ1) is 22.7. The summed E-state index contributed by atoms with van der Waals surface area (Å²) in [4.78, 5) is 24.6. The number of halogens is 1. The molecule has 5 N–H and O–H groups in total. The molecule has 2 aromatic carbocycles. The Hall–Kier alpha value is -2.57. The van der Waals surface area contributed by atoms with E-state index in [1.54, 1.807) is 0 Å². The van der Waals surface area contributed by atoms with Crippen molar-refractivity contribution in [3.05, 3.63) is 60.2 Å². The second kappa shape index (κ2) is 10.8. The van der Waals surface area contributed by atoms with Crippen molar-refractivity contribution in [2.75, 3.05) is 17.2 Å². The van der Waals surface area contributed by atoms with Crippen LogP contribution < -0.4 is 21.7 Å². The fourth-order valence-electron chi connectivity index (χ4n) is 3.74. The Kier molecular flexibility index (Phi) is 8.49. The highest BCUT2D eigenvalue weighted by molar-refractivity contribution is 5.99. The summed E-state index contributed by atoms with van der Waals surface area (Å²) in [5.41, 5.74) is 8.20. The number of urea groups is 1. The summed E-state index contributed by atoms with van der Waals surface area (Å²) >= 11 is 0. The predicted molar refractivity (Wildman–Crippen MR) is 119 cm³/mol. The van der Waals surface area contributed by atoms with Crippen LogP contribution in [-0.2, 0) is 4.79 Å². The molecule has 0 saturated heterocycles. The maximum absolute atomic E-state index is 12.6. The second-order valence-corrected chi connectivity index (χ2v) is 7.33. The van der Waals surface area contributed by atoms with Crippen LogP contribution in [0.4, 0.5) is 16.2 Å². The molecule has 6 nitrogen and oxygen atoms in total. The van der Waals surface area contributed by atoms with Crippen LogP contribution in [-0.4, -0.2) is 18.5 Å². The van der Waals surface area contributed by atoms with Gasteiger partial charge < -0.3 is 21.7 Å². The summed E-state index contributed by atoms with van der Waals surface area (Å²) < 4.78 is 0. The van der Waals surface area contributed by atoms with E-state index in [0.29, 0.717) is 18.2 Å². The number of para-hydroxylation sites is 1. The minimum absolute atomic E-state index is 0. The maximum atomic E-state index is 12.6. The van der Waals surface area contributed by atoms with Crippen molar-refractivity contribution in [3.8, 4) is 0 Å². The minimum atomic E-state index is -0.297. The highest BCUT2D eigenvalue weighted by Crippen LogP contribution is 2.31. The van der Waals surface area contributed by atoms with E-state index < -0.39 is 0 Å². The van der Waals surface area contributed by atoms with E-state index in [1.807, 2.05) is 61.5 Å². The molecule has 3 rings (SSSR count). The molecule has 2 aromatic rings. The summed E-state index contributed by atoms with van der Waals surface area (Å²) in [7, 11) is 0.